The highest BCUT2D eigenvalue weighted by Gasteiger charge is 2.36. The lowest BCUT2D eigenvalue weighted by Crippen LogP contribution is -2.53. The normalized spacial score (nSPS) is 19.4. The minimum atomic E-state index is -0.586. The molecule has 1 unspecified atom stereocenters. The Hall–Kier alpha value is -2.77. The number of fused-ring (bicyclic) bond motifs is 1. The van der Waals surface area contributed by atoms with Gasteiger partial charge in [0.15, 0.2) is 5.82 Å². The van der Waals surface area contributed by atoms with Crippen molar-refractivity contribution in [3.63, 3.8) is 0 Å². The third kappa shape index (κ3) is 2.77. The number of aryl methyl sites for hydroxylation is 1. The lowest BCUT2D eigenvalue weighted by molar-refractivity contribution is -0.126. The van der Waals surface area contributed by atoms with Crippen LogP contribution in [-0.4, -0.2) is 49.6 Å². The number of aromatic nitrogens is 4. The fraction of sp³-hybridized carbons (Fsp3) is 0.471. The Morgan fingerprint density at radius 2 is 2.08 bits per heavy atom. The number of hydrogen-bond donors (Lipinski definition) is 1. The Balaban J connectivity index is 1.67. The first kappa shape index (κ1) is 15.7. The monoisotopic (exact) mass is 340 g/mol. The van der Waals surface area contributed by atoms with E-state index in [0.717, 1.165) is 24.4 Å². The van der Waals surface area contributed by atoms with Crippen LogP contribution in [0.4, 0.5) is 0 Å². The van der Waals surface area contributed by atoms with E-state index in [9.17, 15) is 9.59 Å². The molecule has 1 aliphatic heterocycles. The van der Waals surface area contributed by atoms with Gasteiger partial charge >= 0.3 is 0 Å². The number of hydrogen-bond acceptors (Lipinski definition) is 5. The summed E-state index contributed by atoms with van der Waals surface area (Å²) < 4.78 is 1.89. The molecule has 2 aromatic rings. The average molecular weight is 340 g/mol. The predicted molar refractivity (Wildman–Crippen MR) is 88.7 cm³/mol. The average Bonchev–Trinajstić information content (AvgIpc) is 3.44. The smallest absolute Gasteiger partial charge is 0.255 e. The molecule has 0 aromatic carbocycles. The van der Waals surface area contributed by atoms with E-state index in [-0.39, 0.29) is 18.4 Å². The molecule has 8 nitrogen and oxygen atoms in total. The summed E-state index contributed by atoms with van der Waals surface area (Å²) in [5.74, 6) is 1.54. The van der Waals surface area contributed by atoms with Crippen LogP contribution in [0.25, 0.3) is 0 Å². The third-order valence-corrected chi connectivity index (χ3v) is 4.89. The Bertz CT molecular complexity index is 841. The number of pyridine rings is 1. The van der Waals surface area contributed by atoms with Crippen LogP contribution in [0.2, 0.25) is 0 Å². The van der Waals surface area contributed by atoms with E-state index in [0.29, 0.717) is 23.9 Å². The van der Waals surface area contributed by atoms with Crippen LogP contribution in [0.5, 0.6) is 0 Å². The van der Waals surface area contributed by atoms with Crippen LogP contribution >= 0.6 is 0 Å². The van der Waals surface area contributed by atoms with Gasteiger partial charge in [0, 0.05) is 30.4 Å². The van der Waals surface area contributed by atoms with Gasteiger partial charge < -0.3 is 14.8 Å². The van der Waals surface area contributed by atoms with Gasteiger partial charge in [0.05, 0.1) is 13.1 Å². The van der Waals surface area contributed by atoms with Crippen molar-refractivity contribution in [3.05, 3.63) is 41.2 Å². The molecule has 1 saturated carbocycles. The number of nitrogens with zero attached hydrogens (tertiary/aromatic N) is 5. The van der Waals surface area contributed by atoms with Gasteiger partial charge in [-0.15, -0.1) is 10.2 Å². The van der Waals surface area contributed by atoms with Gasteiger partial charge in [-0.05, 0) is 31.9 Å². The van der Waals surface area contributed by atoms with Gasteiger partial charge in [-0.25, -0.2) is 0 Å². The molecule has 130 valence electrons. The quantitative estimate of drug-likeness (QED) is 0.884. The summed E-state index contributed by atoms with van der Waals surface area (Å²) >= 11 is 0. The first-order valence-corrected chi connectivity index (χ1v) is 8.45. The fourth-order valence-electron chi connectivity index (χ4n) is 3.27. The molecule has 1 fully saturated rings. The van der Waals surface area contributed by atoms with E-state index in [1.807, 2.05) is 17.6 Å². The van der Waals surface area contributed by atoms with Gasteiger partial charge in [0.2, 0.25) is 5.91 Å². The van der Waals surface area contributed by atoms with Crippen molar-refractivity contribution in [2.24, 2.45) is 0 Å². The maximum Gasteiger partial charge on any atom is 0.255 e. The standard InChI is InChI=1S/C17H20N6O2/c1-10-20-21-15-9-23(14(8-22(10)15)16(24)18-2)17(25)12-5-6-19-13(7-12)11-3-4-11/h5-7,11,14H,3-4,8-9H2,1-2H3,(H,18,24). The van der Waals surface area contributed by atoms with Crippen LogP contribution < -0.4 is 5.32 Å². The molecule has 1 atom stereocenters. The third-order valence-electron chi connectivity index (χ3n) is 4.89. The molecular formula is C17H20N6O2. The molecule has 25 heavy (non-hydrogen) atoms. The maximum absolute atomic E-state index is 13.1. The summed E-state index contributed by atoms with van der Waals surface area (Å²) in [7, 11) is 1.58. The Morgan fingerprint density at radius 1 is 1.28 bits per heavy atom. The molecule has 2 aliphatic rings. The van der Waals surface area contributed by atoms with Crippen molar-refractivity contribution in [1.29, 1.82) is 0 Å². The second-order valence-electron chi connectivity index (χ2n) is 6.58. The van der Waals surface area contributed by atoms with E-state index in [1.54, 1.807) is 24.2 Å². The second-order valence-corrected chi connectivity index (χ2v) is 6.58. The molecule has 0 bridgehead atoms. The zero-order valence-corrected chi connectivity index (χ0v) is 14.3. The zero-order valence-electron chi connectivity index (χ0n) is 14.3. The number of carbonyl (C=O) groups excluding carboxylic acids is 2. The van der Waals surface area contributed by atoms with Gasteiger partial charge in [-0.1, -0.05) is 0 Å². The Kier molecular flexibility index (Phi) is 3.74. The van der Waals surface area contributed by atoms with Gasteiger partial charge in [-0.3, -0.25) is 14.6 Å². The van der Waals surface area contributed by atoms with Crippen molar-refractivity contribution in [2.45, 2.75) is 44.8 Å². The minimum absolute atomic E-state index is 0.176. The van der Waals surface area contributed by atoms with E-state index < -0.39 is 6.04 Å². The number of nitrogens with one attached hydrogen (secondary N) is 1. The second kappa shape index (κ2) is 5.94. The SMILES string of the molecule is CNC(=O)C1Cn2c(C)nnc2CN1C(=O)c1ccnc(C2CC2)c1. The Labute approximate surface area is 145 Å². The molecule has 0 spiro atoms. The maximum atomic E-state index is 13.1. The first-order chi connectivity index (χ1) is 12.1. The first-order valence-electron chi connectivity index (χ1n) is 8.45. The molecule has 8 heteroatoms. The number of likely N-dealkylation sites (N-methyl/N-ethyl adjacent to an activating group) is 1. The number of carbonyl (C=O) groups is 2. The van der Waals surface area contributed by atoms with Gasteiger partial charge in [0.25, 0.3) is 5.91 Å². The summed E-state index contributed by atoms with van der Waals surface area (Å²) in [6.45, 7) is 2.47. The van der Waals surface area contributed by atoms with Gasteiger partial charge in [0.1, 0.15) is 11.9 Å². The van der Waals surface area contributed by atoms with Crippen molar-refractivity contribution in [1.82, 2.24) is 30.0 Å². The lowest BCUT2D eigenvalue weighted by Gasteiger charge is -2.35. The lowest BCUT2D eigenvalue weighted by atomic mass is 10.1. The predicted octanol–water partition coefficient (Wildman–Crippen LogP) is 0.630. The molecule has 2 amide bonds. The van der Waals surface area contributed by atoms with Crippen LogP contribution in [0.3, 0.4) is 0 Å². The van der Waals surface area contributed by atoms with Gasteiger partial charge in [-0.2, -0.15) is 0 Å². The Morgan fingerprint density at radius 3 is 2.80 bits per heavy atom. The fourth-order valence-corrected chi connectivity index (χ4v) is 3.27. The highest BCUT2D eigenvalue weighted by Crippen LogP contribution is 2.39. The van der Waals surface area contributed by atoms with Crippen LogP contribution in [-0.2, 0) is 17.9 Å². The molecule has 0 radical (unpaired) electrons. The van der Waals surface area contributed by atoms with E-state index in [4.69, 9.17) is 0 Å². The molecule has 3 heterocycles. The van der Waals surface area contributed by atoms with E-state index in [2.05, 4.69) is 20.5 Å². The number of amides is 2. The number of rotatable bonds is 3. The van der Waals surface area contributed by atoms with E-state index in [1.165, 1.54) is 0 Å². The highest BCUT2D eigenvalue weighted by atomic mass is 16.2. The minimum Gasteiger partial charge on any atom is -0.357 e. The van der Waals surface area contributed by atoms with Crippen molar-refractivity contribution in [2.75, 3.05) is 7.05 Å². The summed E-state index contributed by atoms with van der Waals surface area (Å²) in [6, 6.07) is 2.97. The summed E-state index contributed by atoms with van der Waals surface area (Å²) in [5, 5.41) is 10.9. The zero-order chi connectivity index (χ0) is 17.6. The summed E-state index contributed by atoms with van der Waals surface area (Å²) in [6.07, 6.45) is 3.92. The van der Waals surface area contributed by atoms with Crippen molar-refractivity contribution in [3.8, 4) is 0 Å². The molecule has 2 aromatic heterocycles. The molecule has 0 saturated heterocycles. The summed E-state index contributed by atoms with van der Waals surface area (Å²) in [4.78, 5) is 31.4. The summed E-state index contributed by atoms with van der Waals surface area (Å²) in [5.41, 5.74) is 1.52. The van der Waals surface area contributed by atoms with Crippen LogP contribution in [0.1, 0.15) is 46.5 Å². The molecule has 4 rings (SSSR count). The largest absolute Gasteiger partial charge is 0.357 e. The van der Waals surface area contributed by atoms with Crippen LogP contribution in [0.15, 0.2) is 18.3 Å². The van der Waals surface area contributed by atoms with E-state index >= 15 is 0 Å². The topological polar surface area (TPSA) is 93.0 Å². The highest BCUT2D eigenvalue weighted by molar-refractivity contribution is 5.97. The molecule has 1 aliphatic carbocycles. The van der Waals surface area contributed by atoms with Crippen molar-refractivity contribution >= 4 is 11.8 Å². The molecular weight excluding hydrogens is 320 g/mol. The van der Waals surface area contributed by atoms with Crippen LogP contribution in [0, 0.1) is 6.92 Å². The molecule has 1 N–H and O–H groups in total. The van der Waals surface area contributed by atoms with Crippen molar-refractivity contribution < 1.29 is 9.59 Å².